The van der Waals surface area contributed by atoms with Crippen LogP contribution < -0.4 is 5.32 Å². The van der Waals surface area contributed by atoms with Crippen LogP contribution in [0.25, 0.3) is 0 Å². The molecule has 2 saturated heterocycles. The molecule has 2 aromatic carbocycles. The predicted molar refractivity (Wildman–Crippen MR) is 131 cm³/mol. The number of nitrogens with zero attached hydrogens (tertiary/aromatic N) is 2. The van der Waals surface area contributed by atoms with E-state index in [1.165, 1.54) is 48.2 Å². The molecule has 0 spiro atoms. The molecule has 4 rings (SSSR count). The van der Waals surface area contributed by atoms with Gasteiger partial charge in [-0.15, -0.1) is 0 Å². The Kier molecular flexibility index (Phi) is 7.99. The van der Waals surface area contributed by atoms with Crippen molar-refractivity contribution >= 4 is 5.91 Å². The first-order chi connectivity index (χ1) is 15.6. The Labute approximate surface area is 194 Å². The zero-order valence-corrected chi connectivity index (χ0v) is 19.9. The van der Waals surface area contributed by atoms with E-state index in [2.05, 4.69) is 77.5 Å². The first-order valence-electron chi connectivity index (χ1n) is 12.4. The lowest BCUT2D eigenvalue weighted by molar-refractivity contribution is -0.126. The van der Waals surface area contributed by atoms with Crippen LogP contribution in [0, 0.1) is 18.8 Å². The summed E-state index contributed by atoms with van der Waals surface area (Å²) in [4.78, 5) is 17.8. The van der Waals surface area contributed by atoms with Crippen LogP contribution in [0.1, 0.15) is 54.9 Å². The molecule has 1 N–H and O–H groups in total. The molecule has 2 heterocycles. The fourth-order valence-corrected chi connectivity index (χ4v) is 5.03. The van der Waals surface area contributed by atoms with Crippen molar-refractivity contribution in [3.05, 3.63) is 70.8 Å². The maximum atomic E-state index is 12.8. The third-order valence-electron chi connectivity index (χ3n) is 7.35. The van der Waals surface area contributed by atoms with Gasteiger partial charge in [-0.1, -0.05) is 55.5 Å². The highest BCUT2D eigenvalue weighted by atomic mass is 16.1. The Morgan fingerprint density at radius 1 is 0.875 bits per heavy atom. The minimum atomic E-state index is 0.140. The highest BCUT2D eigenvalue weighted by Gasteiger charge is 2.25. The van der Waals surface area contributed by atoms with Gasteiger partial charge < -0.3 is 5.32 Å². The molecule has 2 aromatic rings. The van der Waals surface area contributed by atoms with Gasteiger partial charge in [0.1, 0.15) is 0 Å². The van der Waals surface area contributed by atoms with E-state index in [4.69, 9.17) is 0 Å². The number of amides is 1. The van der Waals surface area contributed by atoms with Crippen molar-refractivity contribution in [1.82, 2.24) is 15.1 Å². The number of hydrogen-bond acceptors (Lipinski definition) is 3. The van der Waals surface area contributed by atoms with Gasteiger partial charge in [0.05, 0.1) is 0 Å². The summed E-state index contributed by atoms with van der Waals surface area (Å²) >= 11 is 0. The van der Waals surface area contributed by atoms with Crippen LogP contribution in [0.15, 0.2) is 48.5 Å². The van der Waals surface area contributed by atoms with Crippen LogP contribution in [0.4, 0.5) is 0 Å². The molecule has 4 heteroatoms. The SMILES string of the molecule is Cc1ccccc1CN1CCC(C(=O)NCc2cccc(CN3CCC(C)CC3)c2)CC1. The minimum Gasteiger partial charge on any atom is -0.352 e. The van der Waals surface area contributed by atoms with E-state index in [0.717, 1.165) is 44.9 Å². The lowest BCUT2D eigenvalue weighted by Crippen LogP contribution is -2.40. The van der Waals surface area contributed by atoms with Crippen LogP contribution in [-0.2, 0) is 24.4 Å². The molecule has 0 atom stereocenters. The fourth-order valence-electron chi connectivity index (χ4n) is 5.03. The van der Waals surface area contributed by atoms with Crippen LogP contribution in [0.2, 0.25) is 0 Å². The van der Waals surface area contributed by atoms with Crippen molar-refractivity contribution in [2.45, 2.75) is 59.2 Å². The second-order valence-corrected chi connectivity index (χ2v) is 9.97. The smallest absolute Gasteiger partial charge is 0.223 e. The van der Waals surface area contributed by atoms with Gasteiger partial charge in [-0.05, 0) is 87.0 Å². The van der Waals surface area contributed by atoms with Crippen molar-refractivity contribution in [1.29, 1.82) is 0 Å². The van der Waals surface area contributed by atoms with Gasteiger partial charge in [-0.3, -0.25) is 14.6 Å². The molecule has 0 aliphatic carbocycles. The summed E-state index contributed by atoms with van der Waals surface area (Å²) in [6.45, 7) is 11.6. The Bertz CT molecular complexity index is 880. The second kappa shape index (κ2) is 11.1. The van der Waals surface area contributed by atoms with E-state index in [0.29, 0.717) is 6.54 Å². The Morgan fingerprint density at radius 2 is 1.53 bits per heavy atom. The zero-order valence-electron chi connectivity index (χ0n) is 19.9. The standard InChI is InChI=1S/C28H39N3O/c1-22-10-14-30(15-11-22)20-25-8-5-7-24(18-25)19-29-28(32)26-12-16-31(17-13-26)21-27-9-4-3-6-23(27)2/h3-9,18,22,26H,10-17,19-21H2,1-2H3,(H,29,32). The normalized spacial score (nSPS) is 19.2. The molecule has 2 fully saturated rings. The molecular weight excluding hydrogens is 394 g/mol. The summed E-state index contributed by atoms with van der Waals surface area (Å²) in [5, 5.41) is 3.21. The zero-order chi connectivity index (χ0) is 22.3. The highest BCUT2D eigenvalue weighted by molar-refractivity contribution is 5.78. The van der Waals surface area contributed by atoms with Gasteiger partial charge in [0.25, 0.3) is 0 Å². The number of piperidine rings is 2. The number of aryl methyl sites for hydroxylation is 1. The van der Waals surface area contributed by atoms with E-state index in [1.807, 2.05) is 0 Å². The summed E-state index contributed by atoms with van der Waals surface area (Å²) in [6, 6.07) is 17.4. The molecule has 172 valence electrons. The number of rotatable bonds is 7. The fraction of sp³-hybridized carbons (Fsp3) is 0.536. The van der Waals surface area contributed by atoms with E-state index < -0.39 is 0 Å². The topological polar surface area (TPSA) is 35.6 Å². The number of carbonyl (C=O) groups excluding carboxylic acids is 1. The lowest BCUT2D eigenvalue weighted by atomic mass is 9.95. The van der Waals surface area contributed by atoms with E-state index in [9.17, 15) is 4.79 Å². The average molecular weight is 434 g/mol. The predicted octanol–water partition coefficient (Wildman–Crippen LogP) is 4.76. The Balaban J connectivity index is 1.21. The second-order valence-electron chi connectivity index (χ2n) is 9.97. The number of carbonyl (C=O) groups is 1. The molecule has 4 nitrogen and oxygen atoms in total. The van der Waals surface area contributed by atoms with Crippen molar-refractivity contribution < 1.29 is 4.79 Å². The Hall–Kier alpha value is -2.17. The summed E-state index contributed by atoms with van der Waals surface area (Å²) in [5.74, 6) is 1.22. The van der Waals surface area contributed by atoms with Crippen LogP contribution in [0.5, 0.6) is 0 Å². The van der Waals surface area contributed by atoms with Crippen molar-refractivity contribution in [2.75, 3.05) is 26.2 Å². The summed E-state index contributed by atoms with van der Waals surface area (Å²) in [5.41, 5.74) is 5.31. The summed E-state index contributed by atoms with van der Waals surface area (Å²) in [6.07, 6.45) is 4.51. The molecule has 1 amide bonds. The maximum absolute atomic E-state index is 12.8. The summed E-state index contributed by atoms with van der Waals surface area (Å²) < 4.78 is 0. The molecule has 2 aliphatic rings. The van der Waals surface area contributed by atoms with Gasteiger partial charge in [0.15, 0.2) is 0 Å². The van der Waals surface area contributed by atoms with Crippen LogP contribution in [0.3, 0.4) is 0 Å². The third-order valence-corrected chi connectivity index (χ3v) is 7.35. The third kappa shape index (κ3) is 6.43. The Morgan fingerprint density at radius 3 is 2.28 bits per heavy atom. The lowest BCUT2D eigenvalue weighted by Gasteiger charge is -2.31. The molecule has 0 bridgehead atoms. The van der Waals surface area contributed by atoms with Gasteiger partial charge in [0.2, 0.25) is 5.91 Å². The average Bonchev–Trinajstić information content (AvgIpc) is 2.81. The van der Waals surface area contributed by atoms with Gasteiger partial charge in [-0.2, -0.15) is 0 Å². The van der Waals surface area contributed by atoms with Crippen LogP contribution in [-0.4, -0.2) is 41.9 Å². The highest BCUT2D eigenvalue weighted by Crippen LogP contribution is 2.21. The van der Waals surface area contributed by atoms with E-state index >= 15 is 0 Å². The quantitative estimate of drug-likeness (QED) is 0.684. The monoisotopic (exact) mass is 433 g/mol. The van der Waals surface area contributed by atoms with Crippen molar-refractivity contribution in [3.63, 3.8) is 0 Å². The van der Waals surface area contributed by atoms with Gasteiger partial charge >= 0.3 is 0 Å². The number of hydrogen-bond donors (Lipinski definition) is 1. The molecule has 0 radical (unpaired) electrons. The molecule has 0 saturated carbocycles. The number of nitrogens with one attached hydrogen (secondary N) is 1. The summed E-state index contributed by atoms with van der Waals surface area (Å²) in [7, 11) is 0. The maximum Gasteiger partial charge on any atom is 0.223 e. The molecule has 32 heavy (non-hydrogen) atoms. The molecule has 2 aliphatic heterocycles. The first kappa shape index (κ1) is 23.0. The largest absolute Gasteiger partial charge is 0.352 e. The minimum absolute atomic E-state index is 0.140. The first-order valence-corrected chi connectivity index (χ1v) is 12.4. The molecule has 0 unspecified atom stereocenters. The molecule has 0 aromatic heterocycles. The van der Waals surface area contributed by atoms with Crippen molar-refractivity contribution in [3.8, 4) is 0 Å². The van der Waals surface area contributed by atoms with Gasteiger partial charge in [-0.25, -0.2) is 0 Å². The molecular formula is C28H39N3O. The van der Waals surface area contributed by atoms with Gasteiger partial charge in [0, 0.05) is 25.6 Å². The van der Waals surface area contributed by atoms with E-state index in [1.54, 1.807) is 0 Å². The van der Waals surface area contributed by atoms with Crippen LogP contribution >= 0.6 is 0 Å². The number of likely N-dealkylation sites (tertiary alicyclic amines) is 2. The number of benzene rings is 2. The van der Waals surface area contributed by atoms with Crippen molar-refractivity contribution in [2.24, 2.45) is 11.8 Å². The van der Waals surface area contributed by atoms with E-state index in [-0.39, 0.29) is 11.8 Å².